The average Bonchev–Trinajstić information content (AvgIpc) is 2.54. The van der Waals surface area contributed by atoms with Crippen LogP contribution in [0.15, 0.2) is 60.7 Å². The van der Waals surface area contributed by atoms with Crippen molar-refractivity contribution in [2.45, 2.75) is 12.5 Å². The first-order chi connectivity index (χ1) is 11.4. The van der Waals surface area contributed by atoms with E-state index in [1.165, 1.54) is 36.4 Å². The van der Waals surface area contributed by atoms with Crippen molar-refractivity contribution < 1.29 is 13.9 Å². The van der Waals surface area contributed by atoms with Crippen molar-refractivity contribution in [2.24, 2.45) is 0 Å². The Labute approximate surface area is 143 Å². The van der Waals surface area contributed by atoms with Gasteiger partial charge < -0.3 is 5.11 Å². The average molecular weight is 346 g/mol. The van der Waals surface area contributed by atoms with Gasteiger partial charge in [0.1, 0.15) is 22.4 Å². The van der Waals surface area contributed by atoms with E-state index in [4.69, 9.17) is 11.6 Å². The summed E-state index contributed by atoms with van der Waals surface area (Å²) < 4.78 is 27.5. The number of benzene rings is 2. The molecule has 0 saturated carbocycles. The van der Waals surface area contributed by atoms with E-state index in [0.717, 1.165) is 0 Å². The quantitative estimate of drug-likeness (QED) is 0.703. The van der Waals surface area contributed by atoms with E-state index >= 15 is 0 Å². The van der Waals surface area contributed by atoms with Crippen LogP contribution in [0.25, 0.3) is 0 Å². The summed E-state index contributed by atoms with van der Waals surface area (Å²) in [7, 11) is 0. The largest absolute Gasteiger partial charge is 0.376 e. The van der Waals surface area contributed by atoms with Gasteiger partial charge in [-0.2, -0.15) is 0 Å². The predicted molar refractivity (Wildman–Crippen MR) is 88.9 cm³/mol. The number of nitrogens with zero attached hydrogens (tertiary/aromatic N) is 1. The first-order valence-electron chi connectivity index (χ1n) is 7.29. The Balaban J connectivity index is 2.32. The van der Waals surface area contributed by atoms with Gasteiger partial charge in [-0.25, -0.2) is 13.8 Å². The van der Waals surface area contributed by atoms with Crippen LogP contribution in [0.5, 0.6) is 0 Å². The van der Waals surface area contributed by atoms with Crippen LogP contribution in [-0.4, -0.2) is 10.1 Å². The molecule has 0 aliphatic carbocycles. The topological polar surface area (TPSA) is 33.1 Å². The van der Waals surface area contributed by atoms with E-state index in [0.29, 0.717) is 5.69 Å². The Kier molecular flexibility index (Phi) is 4.35. The summed E-state index contributed by atoms with van der Waals surface area (Å²) in [5, 5.41) is 11.6. The van der Waals surface area contributed by atoms with E-state index in [1.54, 1.807) is 31.2 Å². The fraction of sp³-hybridized carbons (Fsp3) is 0.105. The van der Waals surface area contributed by atoms with Gasteiger partial charge in [-0.15, -0.1) is 0 Å². The van der Waals surface area contributed by atoms with Crippen LogP contribution < -0.4 is 0 Å². The van der Waals surface area contributed by atoms with Gasteiger partial charge in [0.05, 0.1) is 0 Å². The van der Waals surface area contributed by atoms with Gasteiger partial charge in [-0.1, -0.05) is 41.9 Å². The van der Waals surface area contributed by atoms with Crippen LogP contribution in [0, 0.1) is 18.6 Å². The zero-order valence-corrected chi connectivity index (χ0v) is 13.6. The number of halogens is 3. The highest BCUT2D eigenvalue weighted by Crippen LogP contribution is 2.39. The van der Waals surface area contributed by atoms with E-state index in [1.807, 2.05) is 0 Å². The van der Waals surface area contributed by atoms with Gasteiger partial charge >= 0.3 is 0 Å². The molecule has 0 fully saturated rings. The Morgan fingerprint density at radius 1 is 0.917 bits per heavy atom. The monoisotopic (exact) mass is 345 g/mol. The van der Waals surface area contributed by atoms with Crippen molar-refractivity contribution in [2.75, 3.05) is 0 Å². The molecule has 5 heteroatoms. The molecule has 3 rings (SSSR count). The Morgan fingerprint density at radius 2 is 1.46 bits per heavy atom. The molecule has 0 unspecified atom stereocenters. The SMILES string of the molecule is Cc1ccc(C(O)(c2cccc(F)c2)c2cccc(F)c2)c(Cl)n1. The van der Waals surface area contributed by atoms with Crippen molar-refractivity contribution in [3.63, 3.8) is 0 Å². The second kappa shape index (κ2) is 6.30. The number of rotatable bonds is 3. The maximum Gasteiger partial charge on any atom is 0.143 e. The fourth-order valence-electron chi connectivity index (χ4n) is 2.70. The second-order valence-corrected chi connectivity index (χ2v) is 5.88. The highest BCUT2D eigenvalue weighted by atomic mass is 35.5. The second-order valence-electron chi connectivity index (χ2n) is 5.52. The molecule has 24 heavy (non-hydrogen) atoms. The van der Waals surface area contributed by atoms with Gasteiger partial charge in [-0.05, 0) is 48.4 Å². The molecule has 1 aromatic heterocycles. The smallest absolute Gasteiger partial charge is 0.143 e. The minimum Gasteiger partial charge on any atom is -0.376 e. The summed E-state index contributed by atoms with van der Waals surface area (Å²) in [5.41, 5.74) is -0.431. The number of aromatic nitrogens is 1. The molecule has 0 amide bonds. The third-order valence-corrected chi connectivity index (χ3v) is 4.15. The number of hydrogen-bond acceptors (Lipinski definition) is 2. The van der Waals surface area contributed by atoms with Crippen LogP contribution >= 0.6 is 11.6 Å². The Morgan fingerprint density at radius 3 is 1.92 bits per heavy atom. The zero-order chi connectivity index (χ0) is 17.3. The fourth-order valence-corrected chi connectivity index (χ4v) is 3.03. The molecule has 0 saturated heterocycles. The van der Waals surface area contributed by atoms with Crippen molar-refractivity contribution in [1.82, 2.24) is 4.98 Å². The molecule has 2 nitrogen and oxygen atoms in total. The summed E-state index contributed by atoms with van der Waals surface area (Å²) in [5.74, 6) is -1.03. The van der Waals surface area contributed by atoms with Crippen LogP contribution in [0.3, 0.4) is 0 Å². The minimum atomic E-state index is -1.83. The van der Waals surface area contributed by atoms with Crippen LogP contribution in [0.2, 0.25) is 5.15 Å². The molecule has 0 aliphatic rings. The summed E-state index contributed by atoms with van der Waals surface area (Å²) >= 11 is 6.23. The summed E-state index contributed by atoms with van der Waals surface area (Å²) in [6.07, 6.45) is 0. The lowest BCUT2D eigenvalue weighted by Gasteiger charge is -2.30. The van der Waals surface area contributed by atoms with Crippen LogP contribution in [0.4, 0.5) is 8.78 Å². The lowest BCUT2D eigenvalue weighted by molar-refractivity contribution is 0.124. The number of hydrogen-bond donors (Lipinski definition) is 1. The van der Waals surface area contributed by atoms with E-state index in [2.05, 4.69) is 4.98 Å². The van der Waals surface area contributed by atoms with E-state index in [9.17, 15) is 13.9 Å². The van der Waals surface area contributed by atoms with Crippen molar-refractivity contribution in [3.05, 3.63) is 99.8 Å². The third kappa shape index (κ3) is 2.90. The van der Waals surface area contributed by atoms with E-state index < -0.39 is 17.2 Å². The zero-order valence-electron chi connectivity index (χ0n) is 12.8. The lowest BCUT2D eigenvalue weighted by atomic mass is 9.81. The Bertz CT molecular complexity index is 853. The van der Waals surface area contributed by atoms with Crippen molar-refractivity contribution >= 4 is 11.6 Å². The van der Waals surface area contributed by atoms with Crippen LogP contribution in [0.1, 0.15) is 22.4 Å². The first-order valence-corrected chi connectivity index (χ1v) is 7.67. The molecule has 0 radical (unpaired) electrons. The highest BCUT2D eigenvalue weighted by molar-refractivity contribution is 6.30. The van der Waals surface area contributed by atoms with Gasteiger partial charge in [0.2, 0.25) is 0 Å². The Hall–Kier alpha value is -2.30. The molecule has 0 bridgehead atoms. The lowest BCUT2D eigenvalue weighted by Crippen LogP contribution is -2.30. The molecular weight excluding hydrogens is 332 g/mol. The molecule has 0 aliphatic heterocycles. The first kappa shape index (κ1) is 16.6. The van der Waals surface area contributed by atoms with Crippen LogP contribution in [-0.2, 0) is 5.60 Å². The van der Waals surface area contributed by atoms with E-state index in [-0.39, 0.29) is 21.8 Å². The molecule has 1 heterocycles. The molecule has 3 aromatic rings. The maximum absolute atomic E-state index is 13.7. The van der Waals surface area contributed by atoms with Gasteiger partial charge in [0.25, 0.3) is 0 Å². The molecule has 2 aromatic carbocycles. The molecular formula is C19H14ClF2NO. The minimum absolute atomic E-state index is 0.0750. The standard InChI is InChI=1S/C19H14ClF2NO/c1-12-8-9-17(18(20)23-12)19(24,13-4-2-6-15(21)10-13)14-5-3-7-16(22)11-14/h2-11,24H,1H3. The molecule has 122 valence electrons. The molecule has 0 spiro atoms. The normalized spacial score (nSPS) is 11.5. The number of aliphatic hydroxyl groups is 1. The van der Waals surface area contributed by atoms with Gasteiger partial charge in [0.15, 0.2) is 0 Å². The maximum atomic E-state index is 13.7. The number of aryl methyl sites for hydroxylation is 1. The molecule has 0 atom stereocenters. The summed E-state index contributed by atoms with van der Waals surface area (Å²) in [4.78, 5) is 4.15. The molecule has 1 N–H and O–H groups in total. The van der Waals surface area contributed by atoms with Crippen molar-refractivity contribution in [3.8, 4) is 0 Å². The highest BCUT2D eigenvalue weighted by Gasteiger charge is 2.36. The number of pyridine rings is 1. The third-order valence-electron chi connectivity index (χ3n) is 3.86. The predicted octanol–water partition coefficient (Wildman–Crippen LogP) is 4.61. The summed E-state index contributed by atoms with van der Waals surface area (Å²) in [6.45, 7) is 1.76. The van der Waals surface area contributed by atoms with Gasteiger partial charge in [-0.3, -0.25) is 0 Å². The van der Waals surface area contributed by atoms with Gasteiger partial charge in [0, 0.05) is 11.3 Å². The van der Waals surface area contributed by atoms with Crippen molar-refractivity contribution in [1.29, 1.82) is 0 Å². The summed E-state index contributed by atoms with van der Waals surface area (Å²) in [6, 6.07) is 14.3.